The molecule has 2 aromatic carbocycles. The number of halogens is 3. The SMILES string of the molecule is COC(=O)c1ccccc1-c1ccc(C2(C(F)(F)F)CC2)cc1. The van der Waals surface area contributed by atoms with Crippen LogP contribution in [0.5, 0.6) is 0 Å². The quantitative estimate of drug-likeness (QED) is 0.764. The van der Waals surface area contributed by atoms with Gasteiger partial charge in [-0.15, -0.1) is 0 Å². The fourth-order valence-electron chi connectivity index (χ4n) is 2.85. The summed E-state index contributed by atoms with van der Waals surface area (Å²) in [6.45, 7) is 0. The molecule has 0 saturated heterocycles. The number of methoxy groups -OCH3 is 1. The fraction of sp³-hybridized carbons (Fsp3) is 0.278. The molecule has 1 aliphatic carbocycles. The highest BCUT2D eigenvalue weighted by Gasteiger charge is 2.64. The summed E-state index contributed by atoms with van der Waals surface area (Å²) >= 11 is 0. The van der Waals surface area contributed by atoms with Crippen LogP contribution in [0.1, 0.15) is 28.8 Å². The Morgan fingerprint density at radius 2 is 1.65 bits per heavy atom. The first-order valence-corrected chi connectivity index (χ1v) is 7.24. The van der Waals surface area contributed by atoms with Crippen molar-refractivity contribution in [2.75, 3.05) is 7.11 Å². The Morgan fingerprint density at radius 3 is 2.17 bits per heavy atom. The highest BCUT2D eigenvalue weighted by molar-refractivity contribution is 5.97. The zero-order valence-corrected chi connectivity index (χ0v) is 12.5. The normalized spacial score (nSPS) is 16.0. The van der Waals surface area contributed by atoms with E-state index in [1.165, 1.54) is 19.2 Å². The number of esters is 1. The second-order valence-electron chi connectivity index (χ2n) is 5.69. The molecule has 0 radical (unpaired) electrons. The Labute approximate surface area is 131 Å². The fourth-order valence-corrected chi connectivity index (χ4v) is 2.85. The lowest BCUT2D eigenvalue weighted by Crippen LogP contribution is -2.28. The van der Waals surface area contributed by atoms with Crippen molar-refractivity contribution < 1.29 is 22.7 Å². The maximum Gasteiger partial charge on any atom is 0.398 e. The molecule has 0 aromatic heterocycles. The molecule has 1 fully saturated rings. The first-order valence-electron chi connectivity index (χ1n) is 7.24. The number of alkyl halides is 3. The Morgan fingerprint density at radius 1 is 1.04 bits per heavy atom. The van der Waals surface area contributed by atoms with E-state index in [1.54, 1.807) is 36.4 Å². The predicted molar refractivity (Wildman–Crippen MR) is 80.2 cm³/mol. The predicted octanol–water partition coefficient (Wildman–Crippen LogP) is 4.73. The molecule has 0 N–H and O–H groups in total. The van der Waals surface area contributed by atoms with Crippen LogP contribution in [-0.2, 0) is 10.2 Å². The number of benzene rings is 2. The van der Waals surface area contributed by atoms with Gasteiger partial charge in [0.1, 0.15) is 0 Å². The summed E-state index contributed by atoms with van der Waals surface area (Å²) in [5.74, 6) is -0.473. The van der Waals surface area contributed by atoms with Crippen molar-refractivity contribution in [3.63, 3.8) is 0 Å². The molecular weight excluding hydrogens is 305 g/mol. The van der Waals surface area contributed by atoms with Gasteiger partial charge in [-0.3, -0.25) is 0 Å². The van der Waals surface area contributed by atoms with Crippen molar-refractivity contribution in [2.45, 2.75) is 24.4 Å². The van der Waals surface area contributed by atoms with Crippen LogP contribution in [0.2, 0.25) is 0 Å². The van der Waals surface area contributed by atoms with Gasteiger partial charge in [-0.05, 0) is 35.6 Å². The summed E-state index contributed by atoms with van der Waals surface area (Å²) < 4.78 is 44.2. The molecule has 0 spiro atoms. The minimum absolute atomic E-state index is 0.134. The Balaban J connectivity index is 1.97. The molecule has 0 amide bonds. The lowest BCUT2D eigenvalue weighted by Gasteiger charge is -2.20. The van der Waals surface area contributed by atoms with Gasteiger partial charge in [0.05, 0.1) is 18.1 Å². The summed E-state index contributed by atoms with van der Waals surface area (Å²) in [6.07, 6.45) is -3.96. The average molecular weight is 320 g/mol. The molecule has 0 heterocycles. The average Bonchev–Trinajstić information content (AvgIpc) is 3.36. The number of hydrogen-bond acceptors (Lipinski definition) is 2. The third-order valence-corrected chi connectivity index (χ3v) is 4.37. The summed E-state index contributed by atoms with van der Waals surface area (Å²) in [5.41, 5.74) is 0.312. The van der Waals surface area contributed by atoms with Gasteiger partial charge >= 0.3 is 12.1 Å². The smallest absolute Gasteiger partial charge is 0.398 e. The second-order valence-corrected chi connectivity index (χ2v) is 5.69. The molecule has 2 nitrogen and oxygen atoms in total. The van der Waals surface area contributed by atoms with Gasteiger partial charge in [0.2, 0.25) is 0 Å². The molecule has 5 heteroatoms. The topological polar surface area (TPSA) is 26.3 Å². The molecule has 0 atom stereocenters. The van der Waals surface area contributed by atoms with Crippen LogP contribution >= 0.6 is 0 Å². The van der Waals surface area contributed by atoms with Crippen molar-refractivity contribution in [2.24, 2.45) is 0 Å². The lowest BCUT2D eigenvalue weighted by molar-refractivity contribution is -0.160. The first kappa shape index (κ1) is 15.6. The van der Waals surface area contributed by atoms with Gasteiger partial charge in [-0.2, -0.15) is 13.2 Å². The van der Waals surface area contributed by atoms with Gasteiger partial charge in [-0.1, -0.05) is 42.5 Å². The number of rotatable bonds is 3. The zero-order valence-electron chi connectivity index (χ0n) is 12.5. The van der Waals surface area contributed by atoms with Crippen LogP contribution in [0.4, 0.5) is 13.2 Å². The van der Waals surface area contributed by atoms with E-state index in [9.17, 15) is 18.0 Å². The van der Waals surface area contributed by atoms with Crippen LogP contribution in [-0.4, -0.2) is 19.3 Å². The number of ether oxygens (including phenoxy) is 1. The van der Waals surface area contributed by atoms with Gasteiger partial charge in [0, 0.05) is 0 Å². The third-order valence-electron chi connectivity index (χ3n) is 4.37. The summed E-state index contributed by atoms with van der Waals surface area (Å²) in [6, 6.07) is 13.1. The number of carbonyl (C=O) groups excluding carboxylic acids is 1. The van der Waals surface area contributed by atoms with Crippen LogP contribution in [0.15, 0.2) is 48.5 Å². The number of hydrogen-bond donors (Lipinski definition) is 0. The maximum absolute atomic E-state index is 13.2. The van der Waals surface area contributed by atoms with E-state index >= 15 is 0 Å². The van der Waals surface area contributed by atoms with E-state index in [1.807, 2.05) is 0 Å². The summed E-state index contributed by atoms with van der Waals surface area (Å²) in [5, 5.41) is 0. The molecule has 3 rings (SSSR count). The van der Waals surface area contributed by atoms with Gasteiger partial charge in [0.15, 0.2) is 0 Å². The minimum Gasteiger partial charge on any atom is -0.465 e. The summed E-state index contributed by atoms with van der Waals surface area (Å²) in [4.78, 5) is 11.8. The molecular formula is C18H15F3O2. The van der Waals surface area contributed by atoms with Crippen LogP contribution in [0.3, 0.4) is 0 Å². The van der Waals surface area contributed by atoms with Gasteiger partial charge in [0.25, 0.3) is 0 Å². The molecule has 23 heavy (non-hydrogen) atoms. The van der Waals surface area contributed by atoms with Crippen molar-refractivity contribution in [1.82, 2.24) is 0 Å². The van der Waals surface area contributed by atoms with Gasteiger partial charge < -0.3 is 4.74 Å². The van der Waals surface area contributed by atoms with Crippen LogP contribution in [0.25, 0.3) is 11.1 Å². The molecule has 1 aliphatic rings. The third kappa shape index (κ3) is 2.60. The van der Waals surface area contributed by atoms with E-state index in [4.69, 9.17) is 4.74 Å². The zero-order chi connectivity index (χ0) is 16.7. The highest BCUT2D eigenvalue weighted by Crippen LogP contribution is 2.58. The van der Waals surface area contributed by atoms with Crippen molar-refractivity contribution >= 4 is 5.97 Å². The second kappa shape index (κ2) is 5.41. The first-order chi connectivity index (χ1) is 10.9. The van der Waals surface area contributed by atoms with Crippen LogP contribution in [0, 0.1) is 0 Å². The van der Waals surface area contributed by atoms with Gasteiger partial charge in [-0.25, -0.2) is 4.79 Å². The van der Waals surface area contributed by atoms with E-state index in [-0.39, 0.29) is 18.4 Å². The minimum atomic E-state index is -4.22. The molecule has 0 aliphatic heterocycles. The Bertz CT molecular complexity index is 729. The van der Waals surface area contributed by atoms with E-state index < -0.39 is 17.6 Å². The molecule has 0 unspecified atom stereocenters. The number of carbonyl (C=O) groups is 1. The Hall–Kier alpha value is -2.30. The largest absolute Gasteiger partial charge is 0.465 e. The van der Waals surface area contributed by atoms with Crippen LogP contribution < -0.4 is 0 Å². The van der Waals surface area contributed by atoms with E-state index in [0.717, 1.165) is 0 Å². The molecule has 0 bridgehead atoms. The van der Waals surface area contributed by atoms with E-state index in [2.05, 4.69) is 0 Å². The van der Waals surface area contributed by atoms with Crippen molar-refractivity contribution in [3.8, 4) is 11.1 Å². The standard InChI is InChI=1S/C18H15F3O2/c1-23-16(22)15-5-3-2-4-14(15)12-6-8-13(9-7-12)17(10-11-17)18(19,20)21/h2-9H,10-11H2,1H3. The highest BCUT2D eigenvalue weighted by atomic mass is 19.4. The molecule has 1 saturated carbocycles. The van der Waals surface area contributed by atoms with E-state index in [0.29, 0.717) is 16.7 Å². The monoisotopic (exact) mass is 320 g/mol. The Kier molecular flexibility index (Phi) is 3.66. The molecule has 120 valence electrons. The molecule has 2 aromatic rings. The lowest BCUT2D eigenvalue weighted by atomic mass is 9.92. The van der Waals surface area contributed by atoms with Crippen molar-refractivity contribution in [3.05, 3.63) is 59.7 Å². The van der Waals surface area contributed by atoms with Crippen molar-refractivity contribution in [1.29, 1.82) is 0 Å². The maximum atomic E-state index is 13.2. The summed E-state index contributed by atoms with van der Waals surface area (Å²) in [7, 11) is 1.29.